The van der Waals surface area contributed by atoms with Crippen LogP contribution < -0.4 is 5.32 Å². The standard InChI is InChI=1S/C25H27FN6OS/c1-14-19-22(25(8-9-25)32(3)23(19)33)34-21(14)20-17(26)13-28-24(30-20)29-18-5-4-16(12-27-18)15-6-10-31(2)11-7-15/h4-5,12-13,15H,6-11H2,1-3H3,(H,27,28,29,30). The molecule has 5 heterocycles. The minimum Gasteiger partial charge on any atom is -0.331 e. The number of aromatic nitrogens is 3. The predicted octanol–water partition coefficient (Wildman–Crippen LogP) is 4.68. The second-order valence-corrected chi connectivity index (χ2v) is 10.7. The normalized spacial score (nSPS) is 19.6. The maximum Gasteiger partial charge on any atom is 0.255 e. The number of anilines is 2. The van der Waals surface area contributed by atoms with E-state index >= 15 is 0 Å². The van der Waals surface area contributed by atoms with Crippen LogP contribution in [0, 0.1) is 12.7 Å². The van der Waals surface area contributed by atoms with Gasteiger partial charge >= 0.3 is 0 Å². The topological polar surface area (TPSA) is 74.2 Å². The van der Waals surface area contributed by atoms with Gasteiger partial charge in [0.15, 0.2) is 5.82 Å². The summed E-state index contributed by atoms with van der Waals surface area (Å²) in [6.07, 6.45) is 7.29. The molecule has 1 saturated heterocycles. The van der Waals surface area contributed by atoms with Gasteiger partial charge in [-0.3, -0.25) is 4.79 Å². The van der Waals surface area contributed by atoms with Crippen molar-refractivity contribution in [1.82, 2.24) is 24.8 Å². The number of rotatable bonds is 4. The van der Waals surface area contributed by atoms with E-state index < -0.39 is 5.82 Å². The number of piperidine rings is 1. The summed E-state index contributed by atoms with van der Waals surface area (Å²) in [6, 6.07) is 4.03. The highest BCUT2D eigenvalue weighted by molar-refractivity contribution is 7.16. The molecular weight excluding hydrogens is 451 g/mol. The average molecular weight is 479 g/mol. The second-order valence-electron chi connectivity index (χ2n) is 9.73. The lowest BCUT2D eigenvalue weighted by molar-refractivity contribution is 0.0755. The van der Waals surface area contributed by atoms with Crippen LogP contribution in [0.2, 0.25) is 0 Å². The van der Waals surface area contributed by atoms with Gasteiger partial charge in [-0.2, -0.15) is 0 Å². The van der Waals surface area contributed by atoms with Gasteiger partial charge in [0.2, 0.25) is 5.95 Å². The number of fused-ring (bicyclic) bond motifs is 2. The first-order valence-corrected chi connectivity index (χ1v) is 12.6. The molecular formula is C25H27FN6OS. The molecule has 1 N–H and O–H groups in total. The molecule has 2 fully saturated rings. The summed E-state index contributed by atoms with van der Waals surface area (Å²) >= 11 is 1.49. The van der Waals surface area contributed by atoms with Gasteiger partial charge in [0.1, 0.15) is 11.5 Å². The van der Waals surface area contributed by atoms with E-state index in [1.165, 1.54) is 23.1 Å². The summed E-state index contributed by atoms with van der Waals surface area (Å²) in [4.78, 5) is 32.0. The largest absolute Gasteiger partial charge is 0.331 e. The van der Waals surface area contributed by atoms with Crippen LogP contribution in [0.1, 0.15) is 58.0 Å². The molecule has 7 nitrogen and oxygen atoms in total. The first-order chi connectivity index (χ1) is 16.4. The van der Waals surface area contributed by atoms with Crippen LogP contribution in [0.3, 0.4) is 0 Å². The van der Waals surface area contributed by atoms with Crippen LogP contribution in [0.15, 0.2) is 24.5 Å². The first kappa shape index (κ1) is 21.6. The fraction of sp³-hybridized carbons (Fsp3) is 0.440. The van der Waals surface area contributed by atoms with E-state index in [0.717, 1.165) is 54.8 Å². The lowest BCUT2D eigenvalue weighted by Gasteiger charge is -2.29. The Morgan fingerprint density at radius 2 is 1.91 bits per heavy atom. The number of carbonyl (C=O) groups is 1. The van der Waals surface area contributed by atoms with Crippen LogP contribution in [-0.4, -0.2) is 57.8 Å². The van der Waals surface area contributed by atoms with Gasteiger partial charge in [-0.15, -0.1) is 11.3 Å². The van der Waals surface area contributed by atoms with E-state index in [-0.39, 0.29) is 23.1 Å². The van der Waals surface area contributed by atoms with Gasteiger partial charge < -0.3 is 15.1 Å². The molecule has 6 rings (SSSR count). The molecule has 0 unspecified atom stereocenters. The van der Waals surface area contributed by atoms with Crippen LogP contribution in [-0.2, 0) is 5.54 Å². The van der Waals surface area contributed by atoms with E-state index in [4.69, 9.17) is 0 Å². The van der Waals surface area contributed by atoms with Crippen molar-refractivity contribution in [1.29, 1.82) is 0 Å². The predicted molar refractivity (Wildman–Crippen MR) is 130 cm³/mol. The Balaban J connectivity index is 1.26. The van der Waals surface area contributed by atoms with Gasteiger partial charge in [-0.05, 0) is 75.9 Å². The molecule has 1 amide bonds. The van der Waals surface area contributed by atoms with Crippen LogP contribution in [0.4, 0.5) is 16.2 Å². The van der Waals surface area contributed by atoms with E-state index in [1.807, 2.05) is 31.1 Å². The highest BCUT2D eigenvalue weighted by Gasteiger charge is 2.58. The van der Waals surface area contributed by atoms with Gasteiger partial charge in [-0.1, -0.05) is 6.07 Å². The van der Waals surface area contributed by atoms with E-state index in [9.17, 15) is 9.18 Å². The summed E-state index contributed by atoms with van der Waals surface area (Å²) in [7, 11) is 4.02. The molecule has 1 saturated carbocycles. The Kier molecular flexibility index (Phi) is 4.97. The van der Waals surface area contributed by atoms with Crippen molar-refractivity contribution in [3.8, 4) is 10.6 Å². The van der Waals surface area contributed by atoms with Crippen LogP contribution in [0.25, 0.3) is 10.6 Å². The Bertz CT molecular complexity index is 1280. The number of nitrogens with one attached hydrogen (secondary N) is 1. The van der Waals surface area contributed by atoms with Gasteiger partial charge in [-0.25, -0.2) is 19.3 Å². The van der Waals surface area contributed by atoms with Crippen LogP contribution >= 0.6 is 11.3 Å². The smallest absolute Gasteiger partial charge is 0.255 e. The van der Waals surface area contributed by atoms with E-state index in [2.05, 4.69) is 38.3 Å². The summed E-state index contributed by atoms with van der Waals surface area (Å²) in [5, 5.41) is 3.11. The summed E-state index contributed by atoms with van der Waals surface area (Å²) < 4.78 is 14.8. The highest BCUT2D eigenvalue weighted by atomic mass is 32.1. The van der Waals surface area contributed by atoms with Crippen molar-refractivity contribution in [3.05, 3.63) is 51.9 Å². The minimum absolute atomic E-state index is 0.0224. The molecule has 0 atom stereocenters. The summed E-state index contributed by atoms with van der Waals surface area (Å²) in [5.41, 5.74) is 2.79. The number of halogens is 1. The second kappa shape index (κ2) is 7.81. The zero-order chi connectivity index (χ0) is 23.6. The number of likely N-dealkylation sites (tertiary alicyclic amines) is 1. The maximum absolute atomic E-state index is 14.8. The highest BCUT2D eigenvalue weighted by Crippen LogP contribution is 2.60. The number of hydrogen-bond acceptors (Lipinski definition) is 7. The van der Waals surface area contributed by atoms with Crippen molar-refractivity contribution in [2.75, 3.05) is 32.5 Å². The zero-order valence-corrected chi connectivity index (χ0v) is 20.4. The van der Waals surface area contributed by atoms with Crippen molar-refractivity contribution < 1.29 is 9.18 Å². The third-order valence-electron chi connectivity index (χ3n) is 7.63. The third-order valence-corrected chi connectivity index (χ3v) is 9.12. The van der Waals surface area contributed by atoms with Crippen molar-refractivity contribution in [3.63, 3.8) is 0 Å². The number of nitrogens with zero attached hydrogens (tertiary/aromatic N) is 5. The molecule has 3 aromatic heterocycles. The van der Waals surface area contributed by atoms with Crippen molar-refractivity contribution >= 4 is 29.0 Å². The number of hydrogen-bond donors (Lipinski definition) is 1. The molecule has 9 heteroatoms. The maximum atomic E-state index is 14.8. The number of carbonyl (C=O) groups excluding carboxylic acids is 1. The molecule has 176 valence electrons. The van der Waals surface area contributed by atoms with Gasteiger partial charge in [0, 0.05) is 18.1 Å². The van der Waals surface area contributed by atoms with Gasteiger partial charge in [0.05, 0.1) is 22.2 Å². The Morgan fingerprint density at radius 1 is 1.15 bits per heavy atom. The van der Waals surface area contributed by atoms with Crippen molar-refractivity contribution in [2.24, 2.45) is 0 Å². The Labute approximate surface area is 202 Å². The SMILES string of the molecule is Cc1c(-c2nc(Nc3ccc(C4CCN(C)CC4)cn3)ncc2F)sc2c1C(=O)N(C)C21CC1. The molecule has 2 aliphatic heterocycles. The molecule has 1 spiro atoms. The number of amides is 1. The fourth-order valence-corrected chi connectivity index (χ4v) is 6.86. The van der Waals surface area contributed by atoms with E-state index in [0.29, 0.717) is 16.6 Å². The Morgan fingerprint density at radius 3 is 2.59 bits per heavy atom. The quantitative estimate of drug-likeness (QED) is 0.587. The molecule has 0 aromatic carbocycles. The number of pyridine rings is 1. The fourth-order valence-electron chi connectivity index (χ4n) is 5.28. The summed E-state index contributed by atoms with van der Waals surface area (Å²) in [6.45, 7) is 4.09. The van der Waals surface area contributed by atoms with Crippen molar-refractivity contribution in [2.45, 2.75) is 44.1 Å². The van der Waals surface area contributed by atoms with Crippen LogP contribution in [0.5, 0.6) is 0 Å². The first-order valence-electron chi connectivity index (χ1n) is 11.7. The lowest BCUT2D eigenvalue weighted by Crippen LogP contribution is -2.29. The zero-order valence-electron chi connectivity index (χ0n) is 19.6. The summed E-state index contributed by atoms with van der Waals surface area (Å²) in [5.74, 6) is 0.965. The van der Waals surface area contributed by atoms with E-state index in [1.54, 1.807) is 0 Å². The molecule has 1 aliphatic carbocycles. The monoisotopic (exact) mass is 478 g/mol. The Hall–Kier alpha value is -2.91. The number of thiophene rings is 1. The van der Waals surface area contributed by atoms with Gasteiger partial charge in [0.25, 0.3) is 5.91 Å². The molecule has 0 bridgehead atoms. The molecule has 3 aromatic rings. The molecule has 3 aliphatic rings. The molecule has 34 heavy (non-hydrogen) atoms. The molecule has 0 radical (unpaired) electrons. The third kappa shape index (κ3) is 3.32. The minimum atomic E-state index is -0.496. The average Bonchev–Trinajstić information content (AvgIpc) is 3.54. The lowest BCUT2D eigenvalue weighted by atomic mass is 9.91.